The summed E-state index contributed by atoms with van der Waals surface area (Å²) in [5.41, 5.74) is 2.23. The van der Waals surface area contributed by atoms with Gasteiger partial charge in [-0.1, -0.05) is 30.0 Å². The summed E-state index contributed by atoms with van der Waals surface area (Å²) in [6, 6.07) is 4.05. The summed E-state index contributed by atoms with van der Waals surface area (Å²) in [5.74, 6) is -0.154. The van der Waals surface area contributed by atoms with Crippen molar-refractivity contribution in [3.8, 4) is 6.07 Å². The van der Waals surface area contributed by atoms with Crippen LogP contribution in [0.1, 0.15) is 35.2 Å². The maximum Gasteiger partial charge on any atom is 0.239 e. The third-order valence-electron chi connectivity index (χ3n) is 3.10. The average Bonchev–Trinajstić information content (AvgIpc) is 2.89. The largest absolute Gasteiger partial charge is 0.300 e. The number of aryl methyl sites for hydroxylation is 3. The van der Waals surface area contributed by atoms with Crippen LogP contribution in [-0.4, -0.2) is 26.3 Å². The van der Waals surface area contributed by atoms with E-state index < -0.39 is 0 Å². The van der Waals surface area contributed by atoms with Crippen LogP contribution in [0.2, 0.25) is 0 Å². The van der Waals surface area contributed by atoms with Gasteiger partial charge < -0.3 is 0 Å². The summed E-state index contributed by atoms with van der Waals surface area (Å²) in [6.07, 6.45) is 0.619. The summed E-state index contributed by atoms with van der Waals surface area (Å²) < 4.78 is 0. The highest BCUT2D eigenvalue weighted by Crippen LogP contribution is 2.30. The molecule has 0 aliphatic carbocycles. The molecule has 0 saturated carbocycles. The number of nitrogens with zero attached hydrogens (tertiary/aromatic N) is 4. The van der Waals surface area contributed by atoms with E-state index in [0.717, 1.165) is 16.3 Å². The van der Waals surface area contributed by atoms with Crippen LogP contribution in [0, 0.1) is 32.1 Å². The number of hydrogen-bond donors (Lipinski definition) is 1. The lowest BCUT2D eigenvalue weighted by Gasteiger charge is -2.14. The van der Waals surface area contributed by atoms with Gasteiger partial charge in [-0.25, -0.2) is 4.98 Å². The third kappa shape index (κ3) is 4.27. The van der Waals surface area contributed by atoms with Gasteiger partial charge in [-0.2, -0.15) is 5.26 Å². The Morgan fingerprint density at radius 3 is 2.74 bits per heavy atom. The summed E-state index contributed by atoms with van der Waals surface area (Å²) in [4.78, 5) is 16.8. The highest BCUT2D eigenvalue weighted by molar-refractivity contribution is 8.00. The number of nitriles is 1. The Kier molecular flexibility index (Phi) is 5.69. The second kappa shape index (κ2) is 7.53. The minimum atomic E-state index is -0.347. The standard InChI is InChI=1S/C15H17N5OS2/c1-5-12(13(21)18-15-20-19-10(4)22-15)23-14-11(7-16)8(2)6-9(3)17-14/h6,12H,5H2,1-4H3,(H,18,20,21)/t12-/m0/s1. The van der Waals surface area contributed by atoms with Crippen LogP contribution in [0.25, 0.3) is 0 Å². The number of amides is 1. The predicted molar refractivity (Wildman–Crippen MR) is 91.6 cm³/mol. The lowest BCUT2D eigenvalue weighted by Crippen LogP contribution is -2.24. The molecular weight excluding hydrogens is 330 g/mol. The van der Waals surface area contributed by atoms with Crippen molar-refractivity contribution in [2.24, 2.45) is 0 Å². The normalized spacial score (nSPS) is 11.8. The molecule has 0 saturated heterocycles. The van der Waals surface area contributed by atoms with Gasteiger partial charge in [-0.05, 0) is 38.8 Å². The van der Waals surface area contributed by atoms with Crippen LogP contribution >= 0.6 is 23.1 Å². The first-order chi connectivity index (χ1) is 10.9. The van der Waals surface area contributed by atoms with Crippen molar-refractivity contribution in [1.82, 2.24) is 15.2 Å². The van der Waals surface area contributed by atoms with Gasteiger partial charge in [0.2, 0.25) is 11.0 Å². The van der Waals surface area contributed by atoms with Crippen molar-refractivity contribution in [2.45, 2.75) is 44.4 Å². The topological polar surface area (TPSA) is 91.6 Å². The second-order valence-electron chi connectivity index (χ2n) is 5.00. The molecule has 1 N–H and O–H groups in total. The molecule has 2 heterocycles. The molecule has 2 rings (SSSR count). The summed E-state index contributed by atoms with van der Waals surface area (Å²) in [6.45, 7) is 7.51. The Bertz CT molecular complexity index is 766. The Hall–Kier alpha value is -1.98. The number of carbonyl (C=O) groups is 1. The van der Waals surface area contributed by atoms with Crippen molar-refractivity contribution >= 4 is 34.1 Å². The molecule has 1 amide bonds. The fourth-order valence-electron chi connectivity index (χ4n) is 2.01. The molecule has 0 spiro atoms. The van der Waals surface area contributed by atoms with Crippen LogP contribution in [0.4, 0.5) is 5.13 Å². The molecule has 0 aliphatic rings. The lowest BCUT2D eigenvalue weighted by molar-refractivity contribution is -0.115. The van der Waals surface area contributed by atoms with Crippen LogP contribution in [0.3, 0.4) is 0 Å². The third-order valence-corrected chi connectivity index (χ3v) is 5.20. The number of aromatic nitrogens is 3. The van der Waals surface area contributed by atoms with E-state index in [0.29, 0.717) is 22.1 Å². The van der Waals surface area contributed by atoms with Gasteiger partial charge in [0.05, 0.1) is 10.8 Å². The second-order valence-corrected chi connectivity index (χ2v) is 7.38. The Morgan fingerprint density at radius 2 is 2.17 bits per heavy atom. The van der Waals surface area contributed by atoms with Crippen molar-refractivity contribution in [2.75, 3.05) is 5.32 Å². The van der Waals surface area contributed by atoms with Crippen LogP contribution in [0.5, 0.6) is 0 Å². The predicted octanol–water partition coefficient (Wildman–Crippen LogP) is 3.24. The van der Waals surface area contributed by atoms with Crippen LogP contribution < -0.4 is 5.32 Å². The highest BCUT2D eigenvalue weighted by Gasteiger charge is 2.22. The molecule has 0 aliphatic heterocycles. The van der Waals surface area contributed by atoms with E-state index >= 15 is 0 Å². The van der Waals surface area contributed by atoms with E-state index in [1.807, 2.05) is 33.8 Å². The molecule has 8 heteroatoms. The van der Waals surface area contributed by atoms with Crippen LogP contribution in [-0.2, 0) is 4.79 Å². The molecule has 0 aromatic carbocycles. The average molecular weight is 347 g/mol. The van der Waals surface area contributed by atoms with Gasteiger partial charge in [-0.15, -0.1) is 10.2 Å². The zero-order valence-electron chi connectivity index (χ0n) is 13.4. The van der Waals surface area contributed by atoms with E-state index in [1.54, 1.807) is 0 Å². The van der Waals surface area contributed by atoms with Gasteiger partial charge in [-0.3, -0.25) is 10.1 Å². The maximum atomic E-state index is 12.4. The maximum absolute atomic E-state index is 12.4. The first-order valence-corrected chi connectivity index (χ1v) is 8.80. The molecule has 0 radical (unpaired) electrons. The van der Waals surface area contributed by atoms with Gasteiger partial charge in [0, 0.05) is 5.69 Å². The van der Waals surface area contributed by atoms with Gasteiger partial charge in [0.15, 0.2) is 0 Å². The number of carbonyl (C=O) groups excluding carboxylic acids is 1. The van der Waals surface area contributed by atoms with Crippen molar-refractivity contribution < 1.29 is 4.79 Å². The SMILES string of the molecule is CC[C@H](Sc1nc(C)cc(C)c1C#N)C(=O)Nc1nnc(C)s1. The Morgan fingerprint density at radius 1 is 1.43 bits per heavy atom. The Labute approximate surface area is 143 Å². The molecule has 6 nitrogen and oxygen atoms in total. The molecule has 0 fully saturated rings. The summed E-state index contributed by atoms with van der Waals surface area (Å²) >= 11 is 2.64. The monoisotopic (exact) mass is 347 g/mol. The van der Waals surface area contributed by atoms with Crippen LogP contribution in [0.15, 0.2) is 11.1 Å². The first kappa shape index (κ1) is 17.4. The fraction of sp³-hybridized carbons (Fsp3) is 0.400. The van der Waals surface area contributed by atoms with E-state index in [4.69, 9.17) is 0 Å². The smallest absolute Gasteiger partial charge is 0.239 e. The minimum Gasteiger partial charge on any atom is -0.300 e. The molecule has 0 unspecified atom stereocenters. The first-order valence-electron chi connectivity index (χ1n) is 7.10. The minimum absolute atomic E-state index is 0.154. The number of pyridine rings is 1. The number of thioether (sulfide) groups is 1. The molecule has 0 bridgehead atoms. The number of nitrogens with one attached hydrogen (secondary N) is 1. The summed E-state index contributed by atoms with van der Waals surface area (Å²) in [5, 5.41) is 21.4. The Balaban J connectivity index is 2.19. The van der Waals surface area contributed by atoms with Crippen molar-refractivity contribution in [3.63, 3.8) is 0 Å². The number of anilines is 1. The molecule has 1 atom stereocenters. The number of hydrogen-bond acceptors (Lipinski definition) is 7. The van der Waals surface area contributed by atoms with Gasteiger partial charge in [0.1, 0.15) is 16.1 Å². The van der Waals surface area contributed by atoms with Gasteiger partial charge in [0.25, 0.3) is 0 Å². The van der Waals surface area contributed by atoms with E-state index in [1.165, 1.54) is 23.1 Å². The molecular formula is C15H17N5OS2. The van der Waals surface area contributed by atoms with E-state index in [-0.39, 0.29) is 11.2 Å². The van der Waals surface area contributed by atoms with Crippen molar-refractivity contribution in [1.29, 1.82) is 5.26 Å². The van der Waals surface area contributed by atoms with Crippen molar-refractivity contribution in [3.05, 3.63) is 27.9 Å². The van der Waals surface area contributed by atoms with Gasteiger partial charge >= 0.3 is 0 Å². The quantitative estimate of drug-likeness (QED) is 0.835. The zero-order chi connectivity index (χ0) is 17.0. The molecule has 2 aromatic heterocycles. The van der Waals surface area contributed by atoms with E-state index in [9.17, 15) is 10.1 Å². The molecule has 2 aromatic rings. The lowest BCUT2D eigenvalue weighted by atomic mass is 10.1. The van der Waals surface area contributed by atoms with E-state index in [2.05, 4.69) is 26.6 Å². The summed E-state index contributed by atoms with van der Waals surface area (Å²) in [7, 11) is 0. The fourth-order valence-corrected chi connectivity index (χ4v) is 3.73. The highest BCUT2D eigenvalue weighted by atomic mass is 32.2. The molecule has 23 heavy (non-hydrogen) atoms. The number of rotatable bonds is 5. The zero-order valence-corrected chi connectivity index (χ0v) is 15.0. The molecule has 120 valence electrons.